The first-order chi connectivity index (χ1) is 13.0. The Morgan fingerprint density at radius 3 is 2.78 bits per heavy atom. The summed E-state index contributed by atoms with van der Waals surface area (Å²) in [6.07, 6.45) is 2.92. The first-order valence-electron chi connectivity index (χ1n) is 9.36. The average Bonchev–Trinajstić information content (AvgIpc) is 3.18. The number of nitrogens with one attached hydrogen (secondary N) is 1. The fourth-order valence-electron chi connectivity index (χ4n) is 2.62. The molecule has 7 nitrogen and oxygen atoms in total. The molecule has 0 spiro atoms. The number of carbonyl (C=O) groups excluding carboxylic acids is 2. The van der Waals surface area contributed by atoms with Gasteiger partial charge in [-0.25, -0.2) is 4.79 Å². The Balaban J connectivity index is 1.81. The fourth-order valence-corrected chi connectivity index (χ4v) is 2.62. The van der Waals surface area contributed by atoms with Gasteiger partial charge >= 0.3 is 5.97 Å². The summed E-state index contributed by atoms with van der Waals surface area (Å²) in [4.78, 5) is 24.0. The van der Waals surface area contributed by atoms with Gasteiger partial charge in [-0.2, -0.15) is 0 Å². The van der Waals surface area contributed by atoms with Gasteiger partial charge in [0.05, 0.1) is 25.4 Å². The SMILES string of the molecule is COc1cc(C(=O)OCC(=O)NCC2CCCO2)ccc1OCCC(C)C. The van der Waals surface area contributed by atoms with Crippen molar-refractivity contribution in [1.29, 1.82) is 0 Å². The number of amides is 1. The third-order valence-corrected chi connectivity index (χ3v) is 4.24. The summed E-state index contributed by atoms with van der Waals surface area (Å²) in [7, 11) is 1.51. The Kier molecular flexibility index (Phi) is 8.39. The number of hydrogen-bond acceptors (Lipinski definition) is 6. The van der Waals surface area contributed by atoms with E-state index < -0.39 is 5.97 Å². The number of esters is 1. The van der Waals surface area contributed by atoms with Gasteiger partial charge in [0.15, 0.2) is 18.1 Å². The zero-order valence-electron chi connectivity index (χ0n) is 16.3. The molecule has 27 heavy (non-hydrogen) atoms. The molecule has 1 aromatic rings. The lowest BCUT2D eigenvalue weighted by molar-refractivity contribution is -0.124. The van der Waals surface area contributed by atoms with Crippen molar-refractivity contribution >= 4 is 11.9 Å². The molecule has 1 heterocycles. The number of rotatable bonds is 10. The van der Waals surface area contributed by atoms with Gasteiger partial charge in [-0.15, -0.1) is 0 Å². The molecule has 150 valence electrons. The lowest BCUT2D eigenvalue weighted by atomic mass is 10.1. The van der Waals surface area contributed by atoms with Crippen LogP contribution in [0.2, 0.25) is 0 Å². The fraction of sp³-hybridized carbons (Fsp3) is 0.600. The van der Waals surface area contributed by atoms with Crippen molar-refractivity contribution in [2.24, 2.45) is 5.92 Å². The zero-order chi connectivity index (χ0) is 19.6. The van der Waals surface area contributed by atoms with Gasteiger partial charge in [0.2, 0.25) is 0 Å². The maximum atomic E-state index is 12.2. The second-order valence-electron chi connectivity index (χ2n) is 6.91. The van der Waals surface area contributed by atoms with Crippen LogP contribution in [0.1, 0.15) is 43.5 Å². The van der Waals surface area contributed by atoms with Gasteiger partial charge < -0.3 is 24.3 Å². The molecule has 0 bridgehead atoms. The lowest BCUT2D eigenvalue weighted by Crippen LogP contribution is -2.34. The quantitative estimate of drug-likeness (QED) is 0.629. The minimum absolute atomic E-state index is 0.0529. The predicted octanol–water partition coefficient (Wildman–Crippen LogP) is 2.57. The van der Waals surface area contributed by atoms with Crippen molar-refractivity contribution in [1.82, 2.24) is 5.32 Å². The summed E-state index contributed by atoms with van der Waals surface area (Å²) in [5.74, 6) is 0.630. The summed E-state index contributed by atoms with van der Waals surface area (Å²) in [5.41, 5.74) is 0.301. The van der Waals surface area contributed by atoms with E-state index in [1.165, 1.54) is 7.11 Å². The first-order valence-corrected chi connectivity index (χ1v) is 9.36. The van der Waals surface area contributed by atoms with Crippen molar-refractivity contribution in [3.63, 3.8) is 0 Å². The molecule has 2 rings (SSSR count). The molecular weight excluding hydrogens is 350 g/mol. The summed E-state index contributed by atoms with van der Waals surface area (Å²) >= 11 is 0. The first kappa shape index (κ1) is 21.0. The highest BCUT2D eigenvalue weighted by atomic mass is 16.5. The van der Waals surface area contributed by atoms with Crippen LogP contribution < -0.4 is 14.8 Å². The van der Waals surface area contributed by atoms with Crippen LogP contribution in [0, 0.1) is 5.92 Å². The van der Waals surface area contributed by atoms with E-state index in [9.17, 15) is 9.59 Å². The molecule has 1 atom stereocenters. The van der Waals surface area contributed by atoms with Gasteiger partial charge in [-0.1, -0.05) is 13.8 Å². The van der Waals surface area contributed by atoms with Gasteiger partial charge in [0.25, 0.3) is 5.91 Å². The number of ether oxygens (including phenoxy) is 4. The Bertz CT molecular complexity index is 625. The van der Waals surface area contributed by atoms with Crippen LogP contribution in [-0.4, -0.2) is 51.5 Å². The minimum atomic E-state index is -0.589. The topological polar surface area (TPSA) is 83.1 Å². The molecule has 1 fully saturated rings. The standard InChI is InChI=1S/C20H29NO6/c1-14(2)8-10-26-17-7-6-15(11-18(17)24-3)20(23)27-13-19(22)21-12-16-5-4-9-25-16/h6-7,11,14,16H,4-5,8-10,12-13H2,1-3H3,(H,21,22). The van der Waals surface area contributed by atoms with E-state index in [2.05, 4.69) is 19.2 Å². The predicted molar refractivity (Wildman–Crippen MR) is 100 cm³/mol. The molecule has 0 saturated carbocycles. The van der Waals surface area contributed by atoms with E-state index in [4.69, 9.17) is 18.9 Å². The molecule has 1 aliphatic rings. The monoisotopic (exact) mass is 379 g/mol. The lowest BCUT2D eigenvalue weighted by Gasteiger charge is -2.13. The highest BCUT2D eigenvalue weighted by Crippen LogP contribution is 2.28. The summed E-state index contributed by atoms with van der Waals surface area (Å²) < 4.78 is 21.5. The molecule has 7 heteroatoms. The van der Waals surface area contributed by atoms with Gasteiger partial charge in [0, 0.05) is 13.2 Å². The maximum Gasteiger partial charge on any atom is 0.338 e. The molecule has 0 radical (unpaired) electrons. The van der Waals surface area contributed by atoms with Crippen LogP contribution in [0.3, 0.4) is 0 Å². The van der Waals surface area contributed by atoms with Crippen LogP contribution in [0.4, 0.5) is 0 Å². The van der Waals surface area contributed by atoms with E-state index >= 15 is 0 Å². The van der Waals surface area contributed by atoms with Crippen molar-refractivity contribution in [3.8, 4) is 11.5 Å². The zero-order valence-corrected chi connectivity index (χ0v) is 16.3. The second kappa shape index (κ2) is 10.8. The molecule has 1 aromatic carbocycles. The third kappa shape index (κ3) is 7.09. The molecule has 1 amide bonds. The van der Waals surface area contributed by atoms with E-state index in [1.807, 2.05) is 0 Å². The van der Waals surface area contributed by atoms with Crippen LogP contribution in [-0.2, 0) is 14.3 Å². The summed E-state index contributed by atoms with van der Waals surface area (Å²) in [5, 5.41) is 2.71. The van der Waals surface area contributed by atoms with Crippen LogP contribution in [0.25, 0.3) is 0 Å². The van der Waals surface area contributed by atoms with E-state index in [0.717, 1.165) is 25.9 Å². The molecular formula is C20H29NO6. The van der Waals surface area contributed by atoms with E-state index in [-0.39, 0.29) is 18.6 Å². The molecule has 1 saturated heterocycles. The Morgan fingerprint density at radius 2 is 2.11 bits per heavy atom. The van der Waals surface area contributed by atoms with Crippen molar-refractivity contribution in [3.05, 3.63) is 23.8 Å². The number of hydrogen-bond donors (Lipinski definition) is 1. The molecule has 1 aliphatic heterocycles. The van der Waals surface area contributed by atoms with Gasteiger partial charge in [0.1, 0.15) is 0 Å². The van der Waals surface area contributed by atoms with Gasteiger partial charge in [-0.3, -0.25) is 4.79 Å². The summed E-state index contributed by atoms with van der Waals surface area (Å²) in [6.45, 7) is 5.65. The Labute approximate surface area is 160 Å². The highest BCUT2D eigenvalue weighted by molar-refractivity contribution is 5.92. The van der Waals surface area contributed by atoms with Crippen molar-refractivity contribution in [2.75, 3.05) is 33.5 Å². The average molecular weight is 379 g/mol. The summed E-state index contributed by atoms with van der Waals surface area (Å²) in [6, 6.07) is 4.82. The van der Waals surface area contributed by atoms with Crippen molar-refractivity contribution < 1.29 is 28.5 Å². The maximum absolute atomic E-state index is 12.2. The largest absolute Gasteiger partial charge is 0.493 e. The number of methoxy groups -OCH3 is 1. The van der Waals surface area contributed by atoms with Gasteiger partial charge in [-0.05, 0) is 43.4 Å². The van der Waals surface area contributed by atoms with Crippen LogP contribution >= 0.6 is 0 Å². The van der Waals surface area contributed by atoms with E-state index in [0.29, 0.717) is 36.1 Å². The van der Waals surface area contributed by atoms with Crippen LogP contribution in [0.15, 0.2) is 18.2 Å². The van der Waals surface area contributed by atoms with Crippen molar-refractivity contribution in [2.45, 2.75) is 39.2 Å². The highest BCUT2D eigenvalue weighted by Gasteiger charge is 2.17. The van der Waals surface area contributed by atoms with Crippen LogP contribution in [0.5, 0.6) is 11.5 Å². The Hall–Kier alpha value is -2.28. The van der Waals surface area contributed by atoms with E-state index in [1.54, 1.807) is 18.2 Å². The third-order valence-electron chi connectivity index (χ3n) is 4.24. The Morgan fingerprint density at radius 1 is 1.30 bits per heavy atom. The number of benzene rings is 1. The normalized spacial score (nSPS) is 16.2. The molecule has 0 aromatic heterocycles. The minimum Gasteiger partial charge on any atom is -0.493 e. The molecule has 1 N–H and O–H groups in total. The number of carbonyl (C=O) groups is 2. The molecule has 0 aliphatic carbocycles. The smallest absolute Gasteiger partial charge is 0.338 e. The second-order valence-corrected chi connectivity index (χ2v) is 6.91. The molecule has 1 unspecified atom stereocenters.